The zero-order valence-corrected chi connectivity index (χ0v) is 23.0. The monoisotopic (exact) mass is 567 g/mol. The third-order valence-electron chi connectivity index (χ3n) is 6.15. The van der Waals surface area contributed by atoms with Gasteiger partial charge in [-0.25, -0.2) is 9.97 Å². The first-order valence-corrected chi connectivity index (χ1v) is 12.9. The Labute approximate surface area is 236 Å². The largest absolute Gasteiger partial charge is 0.416 e. The van der Waals surface area contributed by atoms with E-state index in [0.717, 1.165) is 19.2 Å². The maximum absolute atomic E-state index is 13.9. The maximum Gasteiger partial charge on any atom is 0.416 e. The van der Waals surface area contributed by atoms with Crippen LogP contribution in [0.3, 0.4) is 0 Å². The van der Waals surface area contributed by atoms with Crippen LogP contribution in [0.4, 0.5) is 30.5 Å². The summed E-state index contributed by atoms with van der Waals surface area (Å²) in [7, 11) is 1.98. The number of amides is 1. The molecule has 216 valence electrons. The Bertz CT molecular complexity index is 1440. The van der Waals surface area contributed by atoms with Crippen molar-refractivity contribution in [3.8, 4) is 11.8 Å². The molecule has 3 heterocycles. The molecule has 10 nitrogen and oxygen atoms in total. The number of alkyl halides is 3. The number of nitrogens with zero attached hydrogens (tertiary/aromatic N) is 5. The number of pyridine rings is 1. The van der Waals surface area contributed by atoms with Gasteiger partial charge < -0.3 is 21.7 Å². The van der Waals surface area contributed by atoms with E-state index in [1.165, 1.54) is 36.9 Å². The molecule has 3 aromatic rings. The van der Waals surface area contributed by atoms with Gasteiger partial charge in [0.1, 0.15) is 23.7 Å². The van der Waals surface area contributed by atoms with Crippen molar-refractivity contribution in [1.82, 2.24) is 24.8 Å². The van der Waals surface area contributed by atoms with Gasteiger partial charge in [0.25, 0.3) is 5.91 Å². The Morgan fingerprint density at radius 2 is 1.73 bits per heavy atom. The van der Waals surface area contributed by atoms with Crippen molar-refractivity contribution < 1.29 is 18.0 Å². The molecule has 0 aliphatic carbocycles. The molecule has 0 bridgehead atoms. The van der Waals surface area contributed by atoms with Gasteiger partial charge in [-0.3, -0.25) is 20.1 Å². The van der Waals surface area contributed by atoms with Crippen LogP contribution in [0.1, 0.15) is 46.5 Å². The molecular weight excluding hydrogens is 535 g/mol. The Kier molecular flexibility index (Phi) is 10.3. The van der Waals surface area contributed by atoms with Gasteiger partial charge in [-0.1, -0.05) is 25.8 Å². The van der Waals surface area contributed by atoms with E-state index in [1.807, 2.05) is 25.8 Å². The first kappa shape index (κ1) is 31.0. The van der Waals surface area contributed by atoms with E-state index in [9.17, 15) is 18.0 Å². The number of nitrogens with two attached hydrogens (primary N) is 2. The van der Waals surface area contributed by atoms with E-state index < -0.39 is 17.6 Å². The number of piperazine rings is 1. The molecule has 1 aliphatic heterocycles. The molecule has 1 amide bonds. The Morgan fingerprint density at radius 1 is 1.07 bits per heavy atom. The van der Waals surface area contributed by atoms with E-state index in [0.29, 0.717) is 18.7 Å². The normalized spacial score (nSPS) is 13.8. The van der Waals surface area contributed by atoms with Gasteiger partial charge in [0.15, 0.2) is 0 Å². The first-order chi connectivity index (χ1) is 19.5. The highest BCUT2D eigenvalue weighted by Crippen LogP contribution is 2.34. The van der Waals surface area contributed by atoms with Crippen LogP contribution < -0.4 is 16.8 Å². The predicted molar refractivity (Wildman–Crippen MR) is 152 cm³/mol. The molecule has 0 saturated carbocycles. The SMILES string of the molecule is CC.CN1CCN(Cc2ccc(NC(=O)c3cncc(C#CC(=N)c4c(N)ncnc4N)c3)cc2C(F)(F)F)CC1. The lowest BCUT2D eigenvalue weighted by Gasteiger charge is -2.33. The number of aromatic nitrogens is 3. The van der Waals surface area contributed by atoms with Gasteiger partial charge in [0.2, 0.25) is 0 Å². The van der Waals surface area contributed by atoms with Crippen LogP contribution in [-0.2, 0) is 12.7 Å². The van der Waals surface area contributed by atoms with Crippen molar-refractivity contribution in [2.24, 2.45) is 0 Å². The second kappa shape index (κ2) is 13.7. The topological polar surface area (TPSA) is 150 Å². The van der Waals surface area contributed by atoms with Gasteiger partial charge in [-0.05, 0) is 36.7 Å². The summed E-state index contributed by atoms with van der Waals surface area (Å²) in [5.41, 5.74) is 11.1. The minimum Gasteiger partial charge on any atom is -0.383 e. The molecule has 1 aliphatic rings. The zero-order chi connectivity index (χ0) is 30.2. The van der Waals surface area contributed by atoms with Crippen molar-refractivity contribution in [3.05, 3.63) is 70.8 Å². The van der Waals surface area contributed by atoms with E-state index >= 15 is 0 Å². The first-order valence-electron chi connectivity index (χ1n) is 12.9. The molecule has 0 unspecified atom stereocenters. The van der Waals surface area contributed by atoms with Crippen molar-refractivity contribution in [1.29, 1.82) is 5.41 Å². The summed E-state index contributed by atoms with van der Waals surface area (Å²) in [6.07, 6.45) is -0.778. The summed E-state index contributed by atoms with van der Waals surface area (Å²) in [6, 6.07) is 5.20. The van der Waals surface area contributed by atoms with Gasteiger partial charge in [0.05, 0.1) is 16.7 Å². The Hall–Kier alpha value is -4.54. The molecule has 2 aromatic heterocycles. The fourth-order valence-electron chi connectivity index (χ4n) is 4.01. The van der Waals surface area contributed by atoms with Crippen LogP contribution in [-0.4, -0.2) is 69.6 Å². The third-order valence-corrected chi connectivity index (χ3v) is 6.15. The average Bonchev–Trinajstić information content (AvgIpc) is 2.94. The molecule has 13 heteroatoms. The fraction of sp³-hybridized carbons (Fsp3) is 0.321. The molecule has 41 heavy (non-hydrogen) atoms. The molecule has 1 aromatic carbocycles. The van der Waals surface area contributed by atoms with Crippen LogP contribution >= 0.6 is 0 Å². The fourth-order valence-corrected chi connectivity index (χ4v) is 4.01. The molecule has 0 radical (unpaired) electrons. The van der Waals surface area contributed by atoms with Crippen molar-refractivity contribution in [2.45, 2.75) is 26.6 Å². The number of hydrogen-bond acceptors (Lipinski definition) is 9. The number of carbonyl (C=O) groups excluding carboxylic acids is 1. The molecule has 0 spiro atoms. The highest BCUT2D eigenvalue weighted by Gasteiger charge is 2.34. The van der Waals surface area contributed by atoms with E-state index in [2.05, 4.69) is 37.0 Å². The lowest BCUT2D eigenvalue weighted by atomic mass is 10.0. The summed E-state index contributed by atoms with van der Waals surface area (Å²) in [4.78, 5) is 28.5. The van der Waals surface area contributed by atoms with Crippen LogP contribution in [0, 0.1) is 17.3 Å². The number of anilines is 3. The minimum absolute atomic E-state index is 0.000769. The zero-order valence-electron chi connectivity index (χ0n) is 23.0. The molecule has 6 N–H and O–H groups in total. The average molecular weight is 568 g/mol. The quantitative estimate of drug-likeness (QED) is 0.270. The third kappa shape index (κ3) is 8.23. The van der Waals surface area contributed by atoms with Crippen LogP contribution in [0.15, 0.2) is 43.0 Å². The highest BCUT2D eigenvalue weighted by molar-refractivity contribution is 6.16. The number of carbonyl (C=O) groups is 1. The standard InChI is InChI=1S/C26H26F3N9O.C2H6/c1-37-6-8-38(9-7-37)14-17-3-4-19(11-20(17)26(27,28)29)36-25(39)18-10-16(12-33-13-18)2-5-21(30)22-23(31)34-15-35-24(22)32;1-2/h3-4,10-13,15,30H,6-9,14H2,1H3,(H,36,39)(H4,31,32,34,35);1-2H3. The van der Waals surface area contributed by atoms with E-state index in [1.54, 1.807) is 0 Å². The molecule has 4 rings (SSSR count). The summed E-state index contributed by atoms with van der Waals surface area (Å²) < 4.78 is 41.6. The second-order valence-electron chi connectivity index (χ2n) is 9.01. The number of nitrogen functional groups attached to an aromatic ring is 2. The number of likely N-dealkylation sites (N-methyl/N-ethyl adjacent to an activating group) is 1. The summed E-state index contributed by atoms with van der Waals surface area (Å²) in [5.74, 6) is 4.60. The molecule has 0 atom stereocenters. The summed E-state index contributed by atoms with van der Waals surface area (Å²) in [6.45, 7) is 7.10. The number of halogens is 3. The summed E-state index contributed by atoms with van der Waals surface area (Å²) >= 11 is 0. The number of benzene rings is 1. The van der Waals surface area contributed by atoms with Gasteiger partial charge >= 0.3 is 6.18 Å². The highest BCUT2D eigenvalue weighted by atomic mass is 19.4. The second-order valence-corrected chi connectivity index (χ2v) is 9.01. The van der Waals surface area contributed by atoms with E-state index in [-0.39, 0.29) is 46.3 Å². The predicted octanol–water partition coefficient (Wildman–Crippen LogP) is 3.50. The molecule has 1 saturated heterocycles. The van der Waals surface area contributed by atoms with Crippen molar-refractivity contribution in [2.75, 3.05) is 50.0 Å². The lowest BCUT2D eigenvalue weighted by Crippen LogP contribution is -2.44. The number of nitrogens with one attached hydrogen (secondary N) is 2. The minimum atomic E-state index is -4.58. The van der Waals surface area contributed by atoms with E-state index in [4.69, 9.17) is 16.9 Å². The van der Waals surface area contributed by atoms with Crippen LogP contribution in [0.2, 0.25) is 0 Å². The maximum atomic E-state index is 13.9. The Balaban J connectivity index is 0.00000226. The van der Waals surface area contributed by atoms with Gasteiger partial charge in [-0.15, -0.1) is 0 Å². The van der Waals surface area contributed by atoms with Gasteiger partial charge in [-0.2, -0.15) is 13.2 Å². The summed E-state index contributed by atoms with van der Waals surface area (Å²) in [5, 5.41) is 10.6. The van der Waals surface area contributed by atoms with Crippen LogP contribution in [0.25, 0.3) is 0 Å². The lowest BCUT2D eigenvalue weighted by molar-refractivity contribution is -0.138. The Morgan fingerprint density at radius 3 is 2.37 bits per heavy atom. The number of hydrogen-bond donors (Lipinski definition) is 4. The number of rotatable bonds is 5. The van der Waals surface area contributed by atoms with Crippen LogP contribution in [0.5, 0.6) is 0 Å². The molecular formula is C28H32F3N9O. The van der Waals surface area contributed by atoms with Gasteiger partial charge in [0, 0.05) is 56.4 Å². The smallest absolute Gasteiger partial charge is 0.383 e. The van der Waals surface area contributed by atoms with Crippen molar-refractivity contribution in [3.63, 3.8) is 0 Å². The van der Waals surface area contributed by atoms with Crippen molar-refractivity contribution >= 4 is 28.9 Å². The molecule has 1 fully saturated rings.